The SMILES string of the molecule is C[C@H]1OC(O)[C@@H](O)[C@@H](O)[C@@H]1N. The van der Waals surface area contributed by atoms with Crippen LogP contribution in [-0.2, 0) is 4.74 Å². The van der Waals surface area contributed by atoms with Crippen LogP contribution in [0.4, 0.5) is 0 Å². The van der Waals surface area contributed by atoms with Gasteiger partial charge < -0.3 is 25.8 Å². The van der Waals surface area contributed by atoms with Crippen LogP contribution < -0.4 is 5.73 Å². The Morgan fingerprint density at radius 1 is 1.18 bits per heavy atom. The van der Waals surface area contributed by atoms with E-state index in [0.717, 1.165) is 0 Å². The van der Waals surface area contributed by atoms with Crippen LogP contribution in [0.25, 0.3) is 0 Å². The molecule has 5 nitrogen and oxygen atoms in total. The molecule has 0 aromatic carbocycles. The molecule has 5 atom stereocenters. The molecule has 1 rings (SSSR count). The molecular formula is C6H13NO4. The lowest BCUT2D eigenvalue weighted by Gasteiger charge is -2.37. The molecule has 0 aromatic rings. The van der Waals surface area contributed by atoms with Crippen LogP contribution in [0.3, 0.4) is 0 Å². The van der Waals surface area contributed by atoms with Gasteiger partial charge in [0.25, 0.3) is 0 Å². The van der Waals surface area contributed by atoms with E-state index in [0.29, 0.717) is 0 Å². The number of nitrogens with two attached hydrogens (primary N) is 1. The summed E-state index contributed by atoms with van der Waals surface area (Å²) in [6.45, 7) is 1.63. The maximum Gasteiger partial charge on any atom is 0.183 e. The fourth-order valence-electron chi connectivity index (χ4n) is 1.07. The number of aliphatic hydroxyl groups is 3. The van der Waals surface area contributed by atoms with Crippen molar-refractivity contribution in [3.05, 3.63) is 0 Å². The summed E-state index contributed by atoms with van der Waals surface area (Å²) in [5.74, 6) is 0. The first-order chi connectivity index (χ1) is 5.04. The summed E-state index contributed by atoms with van der Waals surface area (Å²) in [5, 5.41) is 27.1. The Morgan fingerprint density at radius 3 is 2.27 bits per heavy atom. The van der Waals surface area contributed by atoms with E-state index in [1.165, 1.54) is 0 Å². The average Bonchev–Trinajstić information content (AvgIpc) is 1.97. The van der Waals surface area contributed by atoms with E-state index >= 15 is 0 Å². The van der Waals surface area contributed by atoms with E-state index in [1.54, 1.807) is 6.92 Å². The van der Waals surface area contributed by atoms with Crippen molar-refractivity contribution >= 4 is 0 Å². The third-order valence-electron chi connectivity index (χ3n) is 1.93. The standard InChI is InChI=1S/C6H13NO4/c1-2-3(7)4(8)5(9)6(10)11-2/h2-6,8-10H,7H2,1H3/t2-,3-,4+,5+,6?/m1/s1. The summed E-state index contributed by atoms with van der Waals surface area (Å²) >= 11 is 0. The van der Waals surface area contributed by atoms with E-state index in [2.05, 4.69) is 0 Å². The molecule has 1 unspecified atom stereocenters. The van der Waals surface area contributed by atoms with Gasteiger partial charge in [-0.05, 0) is 6.92 Å². The Balaban J connectivity index is 2.63. The second-order valence-corrected chi connectivity index (χ2v) is 2.79. The van der Waals surface area contributed by atoms with Crippen molar-refractivity contribution in [3.63, 3.8) is 0 Å². The Morgan fingerprint density at radius 2 is 1.73 bits per heavy atom. The molecule has 0 bridgehead atoms. The van der Waals surface area contributed by atoms with Gasteiger partial charge >= 0.3 is 0 Å². The van der Waals surface area contributed by atoms with Crippen LogP contribution in [0.1, 0.15) is 6.92 Å². The first kappa shape index (κ1) is 8.89. The predicted octanol–water partition coefficient (Wildman–Crippen LogP) is -2.23. The molecule has 0 spiro atoms. The number of hydrogen-bond acceptors (Lipinski definition) is 5. The lowest BCUT2D eigenvalue weighted by atomic mass is 9.98. The maximum atomic E-state index is 9.17. The summed E-state index contributed by atoms with van der Waals surface area (Å²) < 4.78 is 4.80. The first-order valence-corrected chi connectivity index (χ1v) is 3.49. The summed E-state index contributed by atoms with van der Waals surface area (Å²) in [6.07, 6.45) is -4.20. The zero-order valence-electron chi connectivity index (χ0n) is 6.21. The van der Waals surface area contributed by atoms with Crippen molar-refractivity contribution in [3.8, 4) is 0 Å². The smallest absolute Gasteiger partial charge is 0.183 e. The molecule has 66 valence electrons. The third kappa shape index (κ3) is 1.52. The average molecular weight is 163 g/mol. The summed E-state index contributed by atoms with van der Waals surface area (Å²) in [4.78, 5) is 0. The van der Waals surface area contributed by atoms with Gasteiger partial charge in [-0.1, -0.05) is 0 Å². The molecule has 1 fully saturated rings. The maximum absolute atomic E-state index is 9.17. The van der Waals surface area contributed by atoms with Crippen molar-refractivity contribution in [2.24, 2.45) is 5.73 Å². The monoisotopic (exact) mass is 163 g/mol. The van der Waals surface area contributed by atoms with E-state index < -0.39 is 30.6 Å². The van der Waals surface area contributed by atoms with Crippen molar-refractivity contribution in [2.75, 3.05) is 0 Å². The van der Waals surface area contributed by atoms with Gasteiger partial charge in [0, 0.05) is 0 Å². The van der Waals surface area contributed by atoms with Gasteiger partial charge in [0.15, 0.2) is 6.29 Å². The van der Waals surface area contributed by atoms with Crippen molar-refractivity contribution in [1.82, 2.24) is 0 Å². The molecular weight excluding hydrogens is 150 g/mol. The van der Waals surface area contributed by atoms with Crippen molar-refractivity contribution in [1.29, 1.82) is 0 Å². The normalized spacial score (nSPS) is 52.6. The molecule has 0 radical (unpaired) electrons. The van der Waals surface area contributed by atoms with E-state index in [4.69, 9.17) is 20.7 Å². The topological polar surface area (TPSA) is 95.9 Å². The van der Waals surface area contributed by atoms with Crippen LogP contribution in [0, 0.1) is 0 Å². The van der Waals surface area contributed by atoms with Crippen LogP contribution >= 0.6 is 0 Å². The minimum Gasteiger partial charge on any atom is -0.388 e. The number of ether oxygens (including phenoxy) is 1. The molecule has 11 heavy (non-hydrogen) atoms. The second-order valence-electron chi connectivity index (χ2n) is 2.79. The number of aliphatic hydroxyl groups excluding tert-OH is 3. The zero-order valence-corrected chi connectivity index (χ0v) is 6.21. The molecule has 1 heterocycles. The minimum absolute atomic E-state index is 0.441. The molecule has 1 aliphatic rings. The van der Waals surface area contributed by atoms with Crippen LogP contribution in [0.2, 0.25) is 0 Å². The highest BCUT2D eigenvalue weighted by atomic mass is 16.6. The summed E-state index contributed by atoms with van der Waals surface area (Å²) in [6, 6.07) is -0.645. The molecule has 0 amide bonds. The number of rotatable bonds is 0. The number of hydrogen-bond donors (Lipinski definition) is 4. The van der Waals surface area contributed by atoms with Crippen molar-refractivity contribution < 1.29 is 20.1 Å². The molecule has 0 aliphatic carbocycles. The van der Waals surface area contributed by atoms with Crippen molar-refractivity contribution in [2.45, 2.75) is 37.6 Å². The van der Waals surface area contributed by atoms with Gasteiger partial charge in [-0.15, -0.1) is 0 Å². The van der Waals surface area contributed by atoms with Crippen LogP contribution in [-0.4, -0.2) is 46.0 Å². The summed E-state index contributed by atoms with van der Waals surface area (Å²) in [7, 11) is 0. The predicted molar refractivity (Wildman–Crippen MR) is 36.5 cm³/mol. The molecule has 5 heteroatoms. The first-order valence-electron chi connectivity index (χ1n) is 3.49. The Labute approximate surface area is 64.4 Å². The molecule has 5 N–H and O–H groups in total. The van der Waals surface area contributed by atoms with Gasteiger partial charge in [-0.2, -0.15) is 0 Å². The van der Waals surface area contributed by atoms with E-state index in [1.807, 2.05) is 0 Å². The van der Waals surface area contributed by atoms with E-state index in [9.17, 15) is 5.11 Å². The molecule has 0 saturated carbocycles. The van der Waals surface area contributed by atoms with Crippen LogP contribution in [0.15, 0.2) is 0 Å². The lowest BCUT2D eigenvalue weighted by Crippen LogP contribution is -2.60. The summed E-state index contributed by atoms with van der Waals surface area (Å²) in [5.41, 5.74) is 5.43. The van der Waals surface area contributed by atoms with E-state index in [-0.39, 0.29) is 0 Å². The molecule has 1 saturated heterocycles. The highest BCUT2D eigenvalue weighted by molar-refractivity contribution is 4.89. The van der Waals surface area contributed by atoms with Gasteiger partial charge in [-0.3, -0.25) is 0 Å². The zero-order chi connectivity index (χ0) is 8.59. The molecule has 0 aromatic heterocycles. The Kier molecular flexibility index (Phi) is 2.46. The minimum atomic E-state index is -1.33. The Hall–Kier alpha value is -0.200. The van der Waals surface area contributed by atoms with Gasteiger partial charge in [0.1, 0.15) is 12.2 Å². The fraction of sp³-hybridized carbons (Fsp3) is 1.00. The lowest BCUT2D eigenvalue weighted by molar-refractivity contribution is -0.249. The second kappa shape index (κ2) is 3.04. The highest BCUT2D eigenvalue weighted by Gasteiger charge is 2.39. The largest absolute Gasteiger partial charge is 0.388 e. The van der Waals surface area contributed by atoms with Crippen LogP contribution in [0.5, 0.6) is 0 Å². The quantitative estimate of drug-likeness (QED) is 0.324. The third-order valence-corrected chi connectivity index (χ3v) is 1.93. The molecule has 1 aliphatic heterocycles. The Bertz CT molecular complexity index is 129. The fourth-order valence-corrected chi connectivity index (χ4v) is 1.07. The van der Waals surface area contributed by atoms with Gasteiger partial charge in [0.2, 0.25) is 0 Å². The highest BCUT2D eigenvalue weighted by Crippen LogP contribution is 2.17. The van der Waals surface area contributed by atoms with Gasteiger partial charge in [0.05, 0.1) is 12.1 Å². The van der Waals surface area contributed by atoms with Gasteiger partial charge in [-0.25, -0.2) is 0 Å².